The quantitative estimate of drug-likeness (QED) is 0.177. The lowest BCUT2D eigenvalue weighted by molar-refractivity contribution is 0.669. The molecule has 3 nitrogen and oxygen atoms in total. The van der Waals surface area contributed by atoms with E-state index >= 15 is 0 Å². The minimum Gasteiger partial charge on any atom is -0.454 e. The zero-order valence-electron chi connectivity index (χ0n) is 27.6. The standard InChI is InChI=1S/C48H30N2O/c1-2-15-32(16-3-1)49-42-24-10-8-20-37(42)39-22-12-25-43(47(39)49)50(44-26-13-23-40-38-21-9-11-27-46(38)51-48(40)44)45-30-41-33-17-5-4-14-31(33)28-29-35(41)34-18-6-7-19-36(34)45/h1-30H. The van der Waals surface area contributed by atoms with Crippen molar-refractivity contribution in [2.75, 3.05) is 4.90 Å². The van der Waals surface area contributed by atoms with Crippen LogP contribution in [-0.2, 0) is 0 Å². The molecule has 0 saturated carbocycles. The van der Waals surface area contributed by atoms with Crippen LogP contribution in [0.15, 0.2) is 186 Å². The molecule has 0 bridgehead atoms. The van der Waals surface area contributed by atoms with Gasteiger partial charge >= 0.3 is 0 Å². The van der Waals surface area contributed by atoms with Crippen molar-refractivity contribution in [3.8, 4) is 5.69 Å². The number of fused-ring (bicyclic) bond motifs is 11. The number of hydrogen-bond acceptors (Lipinski definition) is 2. The van der Waals surface area contributed by atoms with Crippen molar-refractivity contribution in [2.24, 2.45) is 0 Å². The Morgan fingerprint density at radius 3 is 1.86 bits per heavy atom. The molecular formula is C48H30N2O. The van der Waals surface area contributed by atoms with Gasteiger partial charge in [-0.3, -0.25) is 0 Å². The summed E-state index contributed by atoms with van der Waals surface area (Å²) < 4.78 is 9.24. The van der Waals surface area contributed by atoms with Gasteiger partial charge in [0.2, 0.25) is 0 Å². The fourth-order valence-corrected chi connectivity index (χ4v) is 8.35. The van der Waals surface area contributed by atoms with Gasteiger partial charge < -0.3 is 13.9 Å². The number of nitrogens with zero attached hydrogens (tertiary/aromatic N) is 2. The molecule has 0 atom stereocenters. The van der Waals surface area contributed by atoms with Gasteiger partial charge in [-0.2, -0.15) is 0 Å². The maximum atomic E-state index is 6.81. The lowest BCUT2D eigenvalue weighted by Crippen LogP contribution is -2.12. The molecule has 0 amide bonds. The van der Waals surface area contributed by atoms with Crippen molar-refractivity contribution in [1.82, 2.24) is 4.57 Å². The van der Waals surface area contributed by atoms with Crippen LogP contribution in [0.3, 0.4) is 0 Å². The summed E-state index contributed by atoms with van der Waals surface area (Å²) in [6.07, 6.45) is 0. The Labute approximate surface area is 293 Å². The first-order valence-electron chi connectivity index (χ1n) is 17.4. The third-order valence-corrected chi connectivity index (χ3v) is 10.5. The SMILES string of the molecule is c1ccc(-n2c3ccccc3c3cccc(N(c4cc5c6ccccc6ccc5c5ccccc45)c4cccc5c4oc4ccccc45)c32)cc1. The number of furan rings is 1. The van der Waals surface area contributed by atoms with Gasteiger partial charge in [0.25, 0.3) is 0 Å². The smallest absolute Gasteiger partial charge is 0.159 e. The van der Waals surface area contributed by atoms with Gasteiger partial charge in [0.05, 0.1) is 28.1 Å². The predicted molar refractivity (Wildman–Crippen MR) is 215 cm³/mol. The lowest BCUT2D eigenvalue weighted by atomic mass is 9.95. The van der Waals surface area contributed by atoms with Crippen LogP contribution < -0.4 is 4.90 Å². The van der Waals surface area contributed by atoms with Crippen molar-refractivity contribution in [1.29, 1.82) is 0 Å². The maximum Gasteiger partial charge on any atom is 0.159 e. The highest BCUT2D eigenvalue weighted by atomic mass is 16.3. The minimum atomic E-state index is 0.861. The van der Waals surface area contributed by atoms with Crippen LogP contribution in [0.1, 0.15) is 0 Å². The van der Waals surface area contributed by atoms with E-state index in [4.69, 9.17) is 4.42 Å². The van der Waals surface area contributed by atoms with Crippen molar-refractivity contribution in [3.63, 3.8) is 0 Å². The molecule has 0 N–H and O–H groups in total. The Bertz CT molecular complexity index is 3150. The van der Waals surface area contributed by atoms with E-state index in [9.17, 15) is 0 Å². The summed E-state index contributed by atoms with van der Waals surface area (Å²) in [4.78, 5) is 2.45. The number of anilines is 3. The molecule has 2 heterocycles. The van der Waals surface area contributed by atoms with E-state index in [0.29, 0.717) is 0 Å². The summed E-state index contributed by atoms with van der Waals surface area (Å²) in [6.45, 7) is 0. The third kappa shape index (κ3) is 4.06. The Morgan fingerprint density at radius 1 is 0.373 bits per heavy atom. The summed E-state index contributed by atoms with van der Waals surface area (Å²) in [7, 11) is 0. The predicted octanol–water partition coefficient (Wildman–Crippen LogP) is 13.6. The van der Waals surface area contributed by atoms with Crippen molar-refractivity contribution < 1.29 is 4.42 Å². The van der Waals surface area contributed by atoms with E-state index in [1.165, 1.54) is 48.6 Å². The summed E-state index contributed by atoms with van der Waals surface area (Å²) in [5.41, 5.74) is 8.33. The Balaban J connectivity index is 1.35. The molecule has 0 spiro atoms. The van der Waals surface area contributed by atoms with E-state index in [0.717, 1.165) is 50.2 Å². The molecule has 0 saturated heterocycles. The average Bonchev–Trinajstić information content (AvgIpc) is 3.75. The van der Waals surface area contributed by atoms with Gasteiger partial charge in [-0.25, -0.2) is 0 Å². The van der Waals surface area contributed by atoms with Gasteiger partial charge in [0.1, 0.15) is 5.58 Å². The maximum absolute atomic E-state index is 6.81. The van der Waals surface area contributed by atoms with Gasteiger partial charge in [0.15, 0.2) is 5.58 Å². The molecule has 2 aromatic heterocycles. The largest absolute Gasteiger partial charge is 0.454 e. The molecule has 0 unspecified atom stereocenters. The topological polar surface area (TPSA) is 21.3 Å². The molecule has 51 heavy (non-hydrogen) atoms. The van der Waals surface area contributed by atoms with E-state index in [-0.39, 0.29) is 0 Å². The summed E-state index contributed by atoms with van der Waals surface area (Å²) >= 11 is 0. The molecular weight excluding hydrogens is 621 g/mol. The highest BCUT2D eigenvalue weighted by molar-refractivity contribution is 6.23. The molecule has 3 heteroatoms. The first-order chi connectivity index (χ1) is 25.3. The molecule has 0 aliphatic rings. The normalized spacial score (nSPS) is 11.9. The zero-order chi connectivity index (χ0) is 33.5. The van der Waals surface area contributed by atoms with E-state index < -0.39 is 0 Å². The van der Waals surface area contributed by atoms with Crippen molar-refractivity contribution >= 4 is 93.1 Å². The molecule has 238 valence electrons. The van der Waals surface area contributed by atoms with Gasteiger partial charge in [0, 0.05) is 32.6 Å². The van der Waals surface area contributed by atoms with Crippen molar-refractivity contribution in [2.45, 2.75) is 0 Å². The second kappa shape index (κ2) is 10.8. The third-order valence-electron chi connectivity index (χ3n) is 10.5. The summed E-state index contributed by atoms with van der Waals surface area (Å²) in [6, 6.07) is 65.5. The number of hydrogen-bond donors (Lipinski definition) is 0. The van der Waals surface area contributed by atoms with Gasteiger partial charge in [-0.1, -0.05) is 140 Å². The molecule has 0 radical (unpaired) electrons. The first-order valence-corrected chi connectivity index (χ1v) is 17.4. The average molecular weight is 651 g/mol. The highest BCUT2D eigenvalue weighted by Crippen LogP contribution is 2.49. The Morgan fingerprint density at radius 2 is 1.00 bits per heavy atom. The second-order valence-electron chi connectivity index (χ2n) is 13.3. The molecule has 0 aliphatic carbocycles. The van der Waals surface area contributed by atoms with Gasteiger partial charge in [-0.05, 0) is 69.4 Å². The monoisotopic (exact) mass is 650 g/mol. The Kier molecular flexibility index (Phi) is 5.96. The van der Waals surface area contributed by atoms with Crippen LogP contribution >= 0.6 is 0 Å². The summed E-state index contributed by atoms with van der Waals surface area (Å²) in [5, 5.41) is 11.9. The number of aromatic nitrogens is 1. The van der Waals surface area contributed by atoms with Crippen LogP contribution in [0.4, 0.5) is 17.1 Å². The lowest BCUT2D eigenvalue weighted by Gasteiger charge is -2.29. The highest BCUT2D eigenvalue weighted by Gasteiger charge is 2.26. The fourth-order valence-electron chi connectivity index (χ4n) is 8.35. The van der Waals surface area contributed by atoms with Crippen LogP contribution in [-0.4, -0.2) is 4.57 Å². The molecule has 0 aliphatic heterocycles. The molecule has 9 aromatic carbocycles. The van der Waals surface area contributed by atoms with Crippen LogP contribution in [0.2, 0.25) is 0 Å². The van der Waals surface area contributed by atoms with E-state index in [1.807, 2.05) is 6.07 Å². The van der Waals surface area contributed by atoms with Crippen molar-refractivity contribution in [3.05, 3.63) is 182 Å². The van der Waals surface area contributed by atoms with Gasteiger partial charge in [-0.15, -0.1) is 0 Å². The molecule has 11 rings (SSSR count). The zero-order valence-corrected chi connectivity index (χ0v) is 27.6. The molecule has 11 aromatic rings. The number of benzene rings is 9. The fraction of sp³-hybridized carbons (Fsp3) is 0. The number of rotatable bonds is 4. The van der Waals surface area contributed by atoms with Crippen LogP contribution in [0.5, 0.6) is 0 Å². The van der Waals surface area contributed by atoms with E-state index in [1.54, 1.807) is 0 Å². The first kappa shape index (κ1) is 28.0. The van der Waals surface area contributed by atoms with E-state index in [2.05, 4.69) is 185 Å². The number of para-hydroxylation sites is 5. The molecule has 0 fully saturated rings. The van der Waals surface area contributed by atoms with Crippen LogP contribution in [0, 0.1) is 0 Å². The van der Waals surface area contributed by atoms with Crippen LogP contribution in [0.25, 0.3) is 81.7 Å². The minimum absolute atomic E-state index is 0.861. The Hall–Kier alpha value is -6.84. The second-order valence-corrected chi connectivity index (χ2v) is 13.3. The summed E-state index contributed by atoms with van der Waals surface area (Å²) in [5.74, 6) is 0.